The minimum absolute atomic E-state index is 0.177. The SMILES string of the molecule is CC.CC.CC(=O)N1CCN(C(c2ccccc2)c2ccccc2)CC1. The fourth-order valence-corrected chi connectivity index (χ4v) is 3.18. The smallest absolute Gasteiger partial charge is 0.219 e. The van der Waals surface area contributed by atoms with Crippen LogP contribution in [0.2, 0.25) is 0 Å². The van der Waals surface area contributed by atoms with E-state index in [1.54, 1.807) is 6.92 Å². The highest BCUT2D eigenvalue weighted by Crippen LogP contribution is 2.29. The van der Waals surface area contributed by atoms with Crippen LogP contribution in [0.4, 0.5) is 0 Å². The molecule has 0 saturated carbocycles. The van der Waals surface area contributed by atoms with Gasteiger partial charge in [0.05, 0.1) is 6.04 Å². The minimum Gasteiger partial charge on any atom is -0.340 e. The van der Waals surface area contributed by atoms with Crippen molar-refractivity contribution < 1.29 is 4.79 Å². The van der Waals surface area contributed by atoms with Crippen molar-refractivity contribution >= 4 is 5.91 Å². The molecule has 1 aliphatic heterocycles. The van der Waals surface area contributed by atoms with Crippen molar-refractivity contribution in [1.29, 1.82) is 0 Å². The number of hydrogen-bond acceptors (Lipinski definition) is 2. The Labute approximate surface area is 159 Å². The van der Waals surface area contributed by atoms with Crippen molar-refractivity contribution in [3.63, 3.8) is 0 Å². The third kappa shape index (κ3) is 5.99. The van der Waals surface area contributed by atoms with Crippen LogP contribution in [0, 0.1) is 0 Å². The first-order valence-corrected chi connectivity index (χ1v) is 9.85. The minimum atomic E-state index is 0.177. The highest BCUT2D eigenvalue weighted by molar-refractivity contribution is 5.73. The standard InChI is InChI=1S/C19H22N2O.2C2H6/c1-16(22)20-12-14-21(15-13-20)19(17-8-4-2-5-9-17)18-10-6-3-7-11-18;2*1-2/h2-11,19H,12-15H2,1H3;2*1-2H3. The second-order valence-corrected chi connectivity index (χ2v) is 5.77. The van der Waals surface area contributed by atoms with E-state index in [1.807, 2.05) is 32.6 Å². The zero-order chi connectivity index (χ0) is 19.4. The molecule has 3 heteroatoms. The highest BCUT2D eigenvalue weighted by atomic mass is 16.2. The van der Waals surface area contributed by atoms with Gasteiger partial charge in [-0.15, -0.1) is 0 Å². The van der Waals surface area contributed by atoms with Gasteiger partial charge < -0.3 is 4.90 Å². The first-order chi connectivity index (χ1) is 12.8. The predicted molar refractivity (Wildman–Crippen MR) is 111 cm³/mol. The summed E-state index contributed by atoms with van der Waals surface area (Å²) in [5.74, 6) is 0.177. The number of carbonyl (C=O) groups is 1. The topological polar surface area (TPSA) is 23.6 Å². The molecule has 1 heterocycles. The van der Waals surface area contributed by atoms with Crippen LogP contribution >= 0.6 is 0 Å². The van der Waals surface area contributed by atoms with Crippen molar-refractivity contribution in [2.24, 2.45) is 0 Å². The second-order valence-electron chi connectivity index (χ2n) is 5.77. The largest absolute Gasteiger partial charge is 0.340 e. The fraction of sp³-hybridized carbons (Fsp3) is 0.435. The van der Waals surface area contributed by atoms with Gasteiger partial charge in [-0.1, -0.05) is 88.4 Å². The van der Waals surface area contributed by atoms with E-state index in [2.05, 4.69) is 65.6 Å². The van der Waals surface area contributed by atoms with Crippen LogP contribution in [0.3, 0.4) is 0 Å². The van der Waals surface area contributed by atoms with Gasteiger partial charge in [0.2, 0.25) is 5.91 Å². The third-order valence-electron chi connectivity index (χ3n) is 4.36. The summed E-state index contributed by atoms with van der Waals surface area (Å²) >= 11 is 0. The molecule has 26 heavy (non-hydrogen) atoms. The first kappa shape index (κ1) is 21.9. The zero-order valence-corrected chi connectivity index (χ0v) is 17.0. The lowest BCUT2D eigenvalue weighted by Crippen LogP contribution is -2.49. The van der Waals surface area contributed by atoms with Gasteiger partial charge in [-0.3, -0.25) is 9.69 Å². The molecule has 0 N–H and O–H groups in total. The molecular weight excluding hydrogens is 320 g/mol. The molecule has 1 saturated heterocycles. The first-order valence-electron chi connectivity index (χ1n) is 9.85. The lowest BCUT2D eigenvalue weighted by atomic mass is 9.96. The molecule has 3 rings (SSSR count). The van der Waals surface area contributed by atoms with Crippen LogP contribution in [0.15, 0.2) is 60.7 Å². The molecule has 0 aromatic heterocycles. The highest BCUT2D eigenvalue weighted by Gasteiger charge is 2.26. The number of carbonyl (C=O) groups excluding carboxylic acids is 1. The summed E-state index contributed by atoms with van der Waals surface area (Å²) in [4.78, 5) is 15.9. The monoisotopic (exact) mass is 354 g/mol. The molecule has 0 bridgehead atoms. The van der Waals surface area contributed by atoms with Gasteiger partial charge in [0.25, 0.3) is 0 Å². The van der Waals surface area contributed by atoms with Crippen LogP contribution in [0.25, 0.3) is 0 Å². The van der Waals surface area contributed by atoms with E-state index in [4.69, 9.17) is 0 Å². The van der Waals surface area contributed by atoms with Crippen LogP contribution < -0.4 is 0 Å². The van der Waals surface area contributed by atoms with E-state index in [-0.39, 0.29) is 11.9 Å². The van der Waals surface area contributed by atoms with E-state index in [0.717, 1.165) is 26.2 Å². The molecule has 1 fully saturated rings. The average Bonchev–Trinajstić information content (AvgIpc) is 2.73. The maximum Gasteiger partial charge on any atom is 0.219 e. The zero-order valence-electron chi connectivity index (χ0n) is 17.0. The summed E-state index contributed by atoms with van der Waals surface area (Å²) in [6.07, 6.45) is 0. The molecule has 0 unspecified atom stereocenters. The maximum absolute atomic E-state index is 11.5. The summed E-state index contributed by atoms with van der Waals surface area (Å²) < 4.78 is 0. The van der Waals surface area contributed by atoms with E-state index in [9.17, 15) is 4.79 Å². The van der Waals surface area contributed by atoms with Crippen LogP contribution in [0.5, 0.6) is 0 Å². The van der Waals surface area contributed by atoms with Crippen LogP contribution in [0.1, 0.15) is 51.8 Å². The van der Waals surface area contributed by atoms with Crippen molar-refractivity contribution in [2.75, 3.05) is 26.2 Å². The summed E-state index contributed by atoms with van der Waals surface area (Å²) in [6, 6.07) is 21.5. The van der Waals surface area contributed by atoms with Crippen molar-refractivity contribution in [1.82, 2.24) is 9.80 Å². The Morgan fingerprint density at radius 2 is 1.12 bits per heavy atom. The molecular formula is C23H34N2O. The lowest BCUT2D eigenvalue weighted by Gasteiger charge is -2.39. The number of piperazine rings is 1. The Bertz CT molecular complexity index is 565. The molecule has 2 aromatic carbocycles. The Balaban J connectivity index is 0.000000791. The predicted octanol–water partition coefficient (Wildman–Crippen LogP) is 4.99. The Hall–Kier alpha value is -2.13. The van der Waals surface area contributed by atoms with E-state index in [1.165, 1.54) is 11.1 Å². The molecule has 1 aliphatic rings. The summed E-state index contributed by atoms with van der Waals surface area (Å²) in [6.45, 7) is 13.1. The van der Waals surface area contributed by atoms with Crippen molar-refractivity contribution in [3.8, 4) is 0 Å². The summed E-state index contributed by atoms with van der Waals surface area (Å²) in [5.41, 5.74) is 2.62. The van der Waals surface area contributed by atoms with E-state index >= 15 is 0 Å². The lowest BCUT2D eigenvalue weighted by molar-refractivity contribution is -0.130. The number of hydrogen-bond donors (Lipinski definition) is 0. The van der Waals surface area contributed by atoms with Crippen LogP contribution in [-0.4, -0.2) is 41.9 Å². The van der Waals surface area contributed by atoms with Gasteiger partial charge in [-0.25, -0.2) is 0 Å². The van der Waals surface area contributed by atoms with Gasteiger partial charge in [-0.05, 0) is 11.1 Å². The number of benzene rings is 2. The van der Waals surface area contributed by atoms with E-state index < -0.39 is 0 Å². The summed E-state index contributed by atoms with van der Waals surface area (Å²) in [7, 11) is 0. The normalized spacial score (nSPS) is 14.0. The van der Waals surface area contributed by atoms with E-state index in [0.29, 0.717) is 0 Å². The average molecular weight is 355 g/mol. The number of amides is 1. The van der Waals surface area contributed by atoms with Crippen molar-refractivity contribution in [2.45, 2.75) is 40.7 Å². The van der Waals surface area contributed by atoms with Gasteiger partial charge in [0, 0.05) is 33.1 Å². The van der Waals surface area contributed by atoms with Crippen molar-refractivity contribution in [3.05, 3.63) is 71.8 Å². The molecule has 3 nitrogen and oxygen atoms in total. The molecule has 1 amide bonds. The van der Waals surface area contributed by atoms with Gasteiger partial charge in [0.15, 0.2) is 0 Å². The Kier molecular flexibility index (Phi) is 10.3. The number of rotatable bonds is 3. The Morgan fingerprint density at radius 3 is 1.46 bits per heavy atom. The maximum atomic E-state index is 11.5. The molecule has 0 radical (unpaired) electrons. The Morgan fingerprint density at radius 1 is 0.731 bits per heavy atom. The molecule has 142 valence electrons. The molecule has 0 spiro atoms. The van der Waals surface area contributed by atoms with Crippen LogP contribution in [-0.2, 0) is 4.79 Å². The quantitative estimate of drug-likeness (QED) is 0.775. The van der Waals surface area contributed by atoms with Gasteiger partial charge in [0.1, 0.15) is 0 Å². The second kappa shape index (κ2) is 12.3. The molecule has 0 aliphatic carbocycles. The van der Waals surface area contributed by atoms with Gasteiger partial charge in [-0.2, -0.15) is 0 Å². The fourth-order valence-electron chi connectivity index (χ4n) is 3.18. The van der Waals surface area contributed by atoms with Gasteiger partial charge >= 0.3 is 0 Å². The summed E-state index contributed by atoms with van der Waals surface area (Å²) in [5, 5.41) is 0. The third-order valence-corrected chi connectivity index (χ3v) is 4.36. The molecule has 2 aromatic rings. The number of nitrogens with zero attached hydrogens (tertiary/aromatic N) is 2. The molecule has 0 atom stereocenters.